The molecule has 1 aromatic heterocycles. The van der Waals surface area contributed by atoms with Crippen LogP contribution in [0.4, 0.5) is 15.9 Å². The predicted molar refractivity (Wildman–Crippen MR) is 161 cm³/mol. The Labute approximate surface area is 247 Å². The number of fused-ring (bicyclic) bond motifs is 1. The van der Waals surface area contributed by atoms with Gasteiger partial charge in [-0.1, -0.05) is 18.2 Å². The number of halogens is 2. The Morgan fingerprint density at radius 2 is 1.98 bits per heavy atom. The standard InChI is InChI=1S/C30H30BrFN4O4S/c1-41(37,38)15-13-33-12-11-30(10-3-14-40-30)22-6-8-27-25(17-22)29(35-20-34-27)36-24-7-9-28(26(31)18-24)39-19-21-4-2-5-23(32)16-21/h2-9,14,16-18,20,33H,10-13,15,19H2,1H3,(H,34,35,36). The van der Waals surface area contributed by atoms with Crippen molar-refractivity contribution >= 4 is 48.2 Å². The lowest BCUT2D eigenvalue weighted by Crippen LogP contribution is -2.32. The maximum atomic E-state index is 13.5. The summed E-state index contributed by atoms with van der Waals surface area (Å²) >= 11 is 3.57. The van der Waals surface area contributed by atoms with Gasteiger partial charge in [0.05, 0.1) is 22.0 Å². The molecule has 41 heavy (non-hydrogen) atoms. The molecule has 0 bridgehead atoms. The van der Waals surface area contributed by atoms with Gasteiger partial charge in [0.15, 0.2) is 0 Å². The third-order valence-electron chi connectivity index (χ3n) is 6.83. The summed E-state index contributed by atoms with van der Waals surface area (Å²) in [4.78, 5) is 8.95. The van der Waals surface area contributed by atoms with E-state index in [0.717, 1.165) is 32.2 Å². The van der Waals surface area contributed by atoms with Crippen LogP contribution in [0.2, 0.25) is 0 Å². The molecule has 2 heterocycles. The molecule has 0 saturated heterocycles. The van der Waals surface area contributed by atoms with E-state index in [0.29, 0.717) is 37.5 Å². The third-order valence-corrected chi connectivity index (χ3v) is 8.40. The molecule has 1 aliphatic heterocycles. The Morgan fingerprint density at radius 3 is 2.73 bits per heavy atom. The van der Waals surface area contributed by atoms with Gasteiger partial charge < -0.3 is 20.1 Å². The molecule has 8 nitrogen and oxygen atoms in total. The maximum absolute atomic E-state index is 13.5. The number of ether oxygens (including phenoxy) is 2. The van der Waals surface area contributed by atoms with E-state index in [1.54, 1.807) is 12.3 Å². The number of rotatable bonds is 12. The van der Waals surface area contributed by atoms with Gasteiger partial charge in [0, 0.05) is 36.7 Å². The number of hydrogen-bond donors (Lipinski definition) is 2. The maximum Gasteiger partial charge on any atom is 0.148 e. The van der Waals surface area contributed by atoms with Crippen LogP contribution in [-0.2, 0) is 26.8 Å². The largest absolute Gasteiger partial charge is 0.490 e. The van der Waals surface area contributed by atoms with Crippen LogP contribution in [0.1, 0.15) is 24.0 Å². The Bertz CT molecular complexity index is 1670. The van der Waals surface area contributed by atoms with E-state index in [1.807, 2.05) is 48.5 Å². The molecule has 11 heteroatoms. The van der Waals surface area contributed by atoms with Crippen LogP contribution >= 0.6 is 15.9 Å². The molecule has 0 fully saturated rings. The molecule has 1 aliphatic rings. The normalized spacial score (nSPS) is 16.6. The lowest BCUT2D eigenvalue weighted by Gasteiger charge is -2.30. The number of hydrogen-bond acceptors (Lipinski definition) is 8. The van der Waals surface area contributed by atoms with Crippen molar-refractivity contribution in [2.24, 2.45) is 0 Å². The molecular formula is C30H30BrFN4O4S. The topological polar surface area (TPSA) is 102 Å². The van der Waals surface area contributed by atoms with Crippen LogP contribution in [0.5, 0.6) is 5.75 Å². The van der Waals surface area contributed by atoms with Crippen molar-refractivity contribution in [3.05, 3.63) is 101 Å². The molecule has 5 rings (SSSR count). The van der Waals surface area contributed by atoms with Gasteiger partial charge in [0.2, 0.25) is 0 Å². The SMILES string of the molecule is CS(=O)(=O)CCNCCC1(c2ccc3ncnc(Nc4ccc(OCc5cccc(F)c5)c(Br)c4)c3c2)CC=CO1. The fraction of sp³-hybridized carbons (Fsp3) is 0.267. The van der Waals surface area contributed by atoms with Crippen molar-refractivity contribution in [3.63, 3.8) is 0 Å². The van der Waals surface area contributed by atoms with Gasteiger partial charge in [0.25, 0.3) is 0 Å². The molecule has 0 spiro atoms. The zero-order valence-corrected chi connectivity index (χ0v) is 24.8. The highest BCUT2D eigenvalue weighted by Crippen LogP contribution is 2.40. The van der Waals surface area contributed by atoms with Gasteiger partial charge in [-0.2, -0.15) is 0 Å². The number of nitrogens with one attached hydrogen (secondary N) is 2. The first-order valence-corrected chi connectivity index (χ1v) is 16.0. The van der Waals surface area contributed by atoms with Crippen molar-refractivity contribution in [2.45, 2.75) is 25.0 Å². The quantitative estimate of drug-likeness (QED) is 0.182. The Kier molecular flexibility index (Phi) is 8.86. The van der Waals surface area contributed by atoms with Crippen molar-refractivity contribution in [3.8, 4) is 5.75 Å². The number of aromatic nitrogens is 2. The predicted octanol–water partition coefficient (Wildman–Crippen LogP) is 6.01. The van der Waals surface area contributed by atoms with Gasteiger partial charge in [-0.15, -0.1) is 0 Å². The van der Waals surface area contributed by atoms with E-state index in [-0.39, 0.29) is 18.2 Å². The molecule has 1 atom stereocenters. The zero-order valence-electron chi connectivity index (χ0n) is 22.4. The second kappa shape index (κ2) is 12.5. The van der Waals surface area contributed by atoms with Gasteiger partial charge >= 0.3 is 0 Å². The molecule has 214 valence electrons. The molecule has 2 N–H and O–H groups in total. The van der Waals surface area contributed by atoms with E-state index in [1.165, 1.54) is 24.7 Å². The van der Waals surface area contributed by atoms with Gasteiger partial charge in [-0.05, 0) is 82.1 Å². The minimum Gasteiger partial charge on any atom is -0.490 e. The molecule has 4 aromatic rings. The van der Waals surface area contributed by atoms with Crippen LogP contribution in [0.3, 0.4) is 0 Å². The van der Waals surface area contributed by atoms with Crippen LogP contribution in [0.25, 0.3) is 10.9 Å². The fourth-order valence-corrected chi connectivity index (χ4v) is 5.70. The van der Waals surface area contributed by atoms with E-state index < -0.39 is 15.4 Å². The minimum absolute atomic E-state index is 0.0949. The highest BCUT2D eigenvalue weighted by molar-refractivity contribution is 9.10. The van der Waals surface area contributed by atoms with E-state index in [4.69, 9.17) is 9.47 Å². The molecule has 1 unspecified atom stereocenters. The first-order valence-electron chi connectivity index (χ1n) is 13.1. The Balaban J connectivity index is 1.32. The summed E-state index contributed by atoms with van der Waals surface area (Å²) in [6.07, 6.45) is 7.83. The second-order valence-corrected chi connectivity index (χ2v) is 13.1. The molecule has 0 saturated carbocycles. The molecule has 0 radical (unpaired) electrons. The van der Waals surface area contributed by atoms with E-state index in [9.17, 15) is 12.8 Å². The first kappa shape index (κ1) is 29.0. The number of anilines is 2. The fourth-order valence-electron chi connectivity index (χ4n) is 4.69. The number of sulfone groups is 1. The second-order valence-electron chi connectivity index (χ2n) is 9.96. The van der Waals surface area contributed by atoms with Crippen molar-refractivity contribution in [1.29, 1.82) is 0 Å². The summed E-state index contributed by atoms with van der Waals surface area (Å²) in [5.41, 5.74) is 2.74. The average Bonchev–Trinajstić information content (AvgIpc) is 3.42. The Hall–Kier alpha value is -3.54. The van der Waals surface area contributed by atoms with Crippen molar-refractivity contribution in [2.75, 3.05) is 30.4 Å². The highest BCUT2D eigenvalue weighted by Gasteiger charge is 2.35. The number of nitrogens with zero attached hydrogens (tertiary/aromatic N) is 2. The third kappa shape index (κ3) is 7.41. The lowest BCUT2D eigenvalue weighted by atomic mass is 9.87. The average molecular weight is 642 g/mol. The highest BCUT2D eigenvalue weighted by atomic mass is 79.9. The van der Waals surface area contributed by atoms with Crippen LogP contribution in [0, 0.1) is 5.82 Å². The van der Waals surface area contributed by atoms with Crippen LogP contribution < -0.4 is 15.4 Å². The van der Waals surface area contributed by atoms with Gasteiger partial charge in [-0.3, -0.25) is 0 Å². The molecule has 0 aliphatic carbocycles. The number of benzene rings is 3. The molecule has 3 aromatic carbocycles. The first-order chi connectivity index (χ1) is 19.7. The minimum atomic E-state index is -3.02. The van der Waals surface area contributed by atoms with Gasteiger partial charge in [-0.25, -0.2) is 22.8 Å². The van der Waals surface area contributed by atoms with Crippen molar-refractivity contribution in [1.82, 2.24) is 15.3 Å². The van der Waals surface area contributed by atoms with E-state index in [2.05, 4.69) is 36.5 Å². The molecule has 0 amide bonds. The van der Waals surface area contributed by atoms with Crippen LogP contribution in [0.15, 0.2) is 83.8 Å². The molecular weight excluding hydrogens is 611 g/mol. The Morgan fingerprint density at radius 1 is 1.10 bits per heavy atom. The lowest BCUT2D eigenvalue weighted by molar-refractivity contribution is 0.0329. The van der Waals surface area contributed by atoms with Crippen LogP contribution in [-0.4, -0.2) is 43.5 Å². The monoisotopic (exact) mass is 640 g/mol. The van der Waals surface area contributed by atoms with E-state index >= 15 is 0 Å². The van der Waals surface area contributed by atoms with Crippen molar-refractivity contribution < 1.29 is 22.3 Å². The summed E-state index contributed by atoms with van der Waals surface area (Å²) < 4.78 is 49.1. The zero-order chi connectivity index (χ0) is 28.9. The summed E-state index contributed by atoms with van der Waals surface area (Å²) in [6.45, 7) is 1.24. The summed E-state index contributed by atoms with van der Waals surface area (Å²) in [5, 5.41) is 7.45. The summed E-state index contributed by atoms with van der Waals surface area (Å²) in [6, 6.07) is 18.0. The summed E-state index contributed by atoms with van der Waals surface area (Å²) in [5.74, 6) is 1.07. The summed E-state index contributed by atoms with van der Waals surface area (Å²) in [7, 11) is -3.02. The van der Waals surface area contributed by atoms with Gasteiger partial charge in [0.1, 0.15) is 45.8 Å². The smallest absolute Gasteiger partial charge is 0.148 e.